The summed E-state index contributed by atoms with van der Waals surface area (Å²) >= 11 is 3.46. The highest BCUT2D eigenvalue weighted by Crippen LogP contribution is 2.28. The number of pyridine rings is 1. The van der Waals surface area contributed by atoms with E-state index >= 15 is 0 Å². The van der Waals surface area contributed by atoms with Gasteiger partial charge in [-0.1, -0.05) is 22.0 Å². The highest BCUT2D eigenvalue weighted by molar-refractivity contribution is 9.10. The molecule has 1 amide bonds. The van der Waals surface area contributed by atoms with Crippen LogP contribution in [0.5, 0.6) is 0 Å². The number of nitrogens with zero attached hydrogens (tertiary/aromatic N) is 1. The number of nitrogens with one attached hydrogen (secondary N) is 1. The van der Waals surface area contributed by atoms with E-state index in [9.17, 15) is 4.79 Å². The van der Waals surface area contributed by atoms with E-state index in [2.05, 4.69) is 26.2 Å². The van der Waals surface area contributed by atoms with E-state index in [0.29, 0.717) is 5.69 Å². The van der Waals surface area contributed by atoms with Crippen molar-refractivity contribution in [3.8, 4) is 0 Å². The molecule has 0 saturated heterocycles. The Bertz CT molecular complexity index is 620. The fourth-order valence-electron chi connectivity index (χ4n) is 1.65. The van der Waals surface area contributed by atoms with Crippen molar-refractivity contribution >= 4 is 38.6 Å². The fraction of sp³-hybridized carbons (Fsp3) is 0.286. The zero-order valence-corrected chi connectivity index (χ0v) is 12.6. The molecule has 0 bridgehead atoms. The number of benzene rings is 1. The van der Waals surface area contributed by atoms with E-state index in [4.69, 9.17) is 4.74 Å². The number of carbonyl (C=O) groups is 1. The van der Waals surface area contributed by atoms with Crippen LogP contribution in [0.15, 0.2) is 34.9 Å². The molecule has 2 aromatic rings. The molecule has 0 aliphatic carbocycles. The second-order valence-electron chi connectivity index (χ2n) is 5.12. The van der Waals surface area contributed by atoms with Crippen LogP contribution in [0.25, 0.3) is 10.9 Å². The van der Waals surface area contributed by atoms with E-state index in [1.807, 2.05) is 39.0 Å². The minimum atomic E-state index is -0.525. The molecule has 1 aromatic heterocycles. The third-order valence-corrected chi connectivity index (χ3v) is 3.04. The average molecular weight is 323 g/mol. The van der Waals surface area contributed by atoms with Gasteiger partial charge in [-0.3, -0.25) is 10.3 Å². The lowest BCUT2D eigenvalue weighted by atomic mass is 10.2. The Balaban J connectivity index is 2.31. The molecule has 0 spiro atoms. The van der Waals surface area contributed by atoms with Crippen molar-refractivity contribution in [1.82, 2.24) is 4.98 Å². The van der Waals surface area contributed by atoms with Gasteiger partial charge in [-0.15, -0.1) is 0 Å². The van der Waals surface area contributed by atoms with Gasteiger partial charge in [0.15, 0.2) is 0 Å². The van der Waals surface area contributed by atoms with Gasteiger partial charge in [0.05, 0.1) is 11.2 Å². The molecule has 0 unspecified atom stereocenters. The normalized spacial score (nSPS) is 11.4. The van der Waals surface area contributed by atoms with E-state index in [-0.39, 0.29) is 0 Å². The highest BCUT2D eigenvalue weighted by atomic mass is 79.9. The van der Waals surface area contributed by atoms with Gasteiger partial charge in [0.2, 0.25) is 0 Å². The maximum atomic E-state index is 11.8. The molecule has 1 N–H and O–H groups in total. The summed E-state index contributed by atoms with van der Waals surface area (Å²) in [5, 5.41) is 3.66. The van der Waals surface area contributed by atoms with Crippen molar-refractivity contribution in [2.24, 2.45) is 0 Å². The second kappa shape index (κ2) is 5.17. The molecule has 4 nitrogen and oxygen atoms in total. The molecular weight excluding hydrogens is 308 g/mol. The van der Waals surface area contributed by atoms with Gasteiger partial charge >= 0.3 is 6.09 Å². The van der Waals surface area contributed by atoms with Crippen molar-refractivity contribution in [2.45, 2.75) is 26.4 Å². The predicted molar refractivity (Wildman–Crippen MR) is 79.3 cm³/mol. The SMILES string of the molecule is CC(C)(C)OC(=O)Nc1ccc(Br)c2cccnc12. The van der Waals surface area contributed by atoms with E-state index < -0.39 is 11.7 Å². The van der Waals surface area contributed by atoms with Crippen molar-refractivity contribution in [3.05, 3.63) is 34.9 Å². The molecule has 0 atom stereocenters. The number of aromatic nitrogens is 1. The molecule has 0 aliphatic heterocycles. The Morgan fingerprint density at radius 2 is 2.05 bits per heavy atom. The van der Waals surface area contributed by atoms with E-state index in [1.165, 1.54) is 0 Å². The number of carbonyl (C=O) groups excluding carboxylic acids is 1. The predicted octanol–water partition coefficient (Wildman–Crippen LogP) is 4.34. The molecule has 19 heavy (non-hydrogen) atoms. The Hall–Kier alpha value is -1.62. The summed E-state index contributed by atoms with van der Waals surface area (Å²) < 4.78 is 6.17. The molecular formula is C14H15BrN2O2. The lowest BCUT2D eigenvalue weighted by Crippen LogP contribution is -2.27. The van der Waals surface area contributed by atoms with Crippen LogP contribution in [-0.4, -0.2) is 16.7 Å². The van der Waals surface area contributed by atoms with Crippen LogP contribution < -0.4 is 5.32 Å². The van der Waals surface area contributed by atoms with Gasteiger partial charge in [0, 0.05) is 16.1 Å². The van der Waals surface area contributed by atoms with Gasteiger partial charge in [-0.25, -0.2) is 4.79 Å². The Kier molecular flexibility index (Phi) is 3.75. The number of halogens is 1. The zero-order chi connectivity index (χ0) is 14.0. The van der Waals surface area contributed by atoms with E-state index in [0.717, 1.165) is 15.4 Å². The molecule has 0 aliphatic rings. The van der Waals surface area contributed by atoms with Crippen LogP contribution in [0.3, 0.4) is 0 Å². The van der Waals surface area contributed by atoms with Crippen molar-refractivity contribution in [1.29, 1.82) is 0 Å². The summed E-state index contributed by atoms with van der Waals surface area (Å²) in [5.74, 6) is 0. The first kappa shape index (κ1) is 13.8. The van der Waals surface area contributed by atoms with Crippen LogP contribution in [-0.2, 0) is 4.74 Å². The summed E-state index contributed by atoms with van der Waals surface area (Å²) in [5.41, 5.74) is 0.832. The highest BCUT2D eigenvalue weighted by Gasteiger charge is 2.17. The lowest BCUT2D eigenvalue weighted by molar-refractivity contribution is 0.0636. The van der Waals surface area contributed by atoms with Crippen LogP contribution in [0, 0.1) is 0 Å². The largest absolute Gasteiger partial charge is 0.444 e. The molecule has 0 saturated carbocycles. The number of rotatable bonds is 1. The average Bonchev–Trinajstić information content (AvgIpc) is 2.31. The van der Waals surface area contributed by atoms with Gasteiger partial charge in [0.25, 0.3) is 0 Å². The number of hydrogen-bond donors (Lipinski definition) is 1. The van der Waals surface area contributed by atoms with Gasteiger partial charge in [-0.05, 0) is 39.0 Å². The van der Waals surface area contributed by atoms with Crippen molar-refractivity contribution < 1.29 is 9.53 Å². The number of hydrogen-bond acceptors (Lipinski definition) is 3. The third-order valence-electron chi connectivity index (χ3n) is 2.35. The van der Waals surface area contributed by atoms with E-state index in [1.54, 1.807) is 12.3 Å². The minimum Gasteiger partial charge on any atom is -0.444 e. The number of fused-ring (bicyclic) bond motifs is 1. The number of anilines is 1. The van der Waals surface area contributed by atoms with Gasteiger partial charge in [0.1, 0.15) is 5.60 Å². The topological polar surface area (TPSA) is 51.2 Å². The minimum absolute atomic E-state index is 0.484. The summed E-state index contributed by atoms with van der Waals surface area (Å²) in [6.45, 7) is 5.47. The van der Waals surface area contributed by atoms with Crippen LogP contribution in [0.4, 0.5) is 10.5 Å². The monoisotopic (exact) mass is 322 g/mol. The maximum absolute atomic E-state index is 11.8. The number of amides is 1. The van der Waals surface area contributed by atoms with Crippen molar-refractivity contribution in [2.75, 3.05) is 5.32 Å². The zero-order valence-electron chi connectivity index (χ0n) is 11.0. The van der Waals surface area contributed by atoms with Crippen LogP contribution in [0.2, 0.25) is 0 Å². The molecule has 0 radical (unpaired) electrons. The Labute approximate surface area is 120 Å². The standard InChI is InChI=1S/C14H15BrN2O2/c1-14(2,3)19-13(18)17-11-7-6-10(15)9-5-4-8-16-12(9)11/h4-8H,1-3H3,(H,17,18). The summed E-state index contributed by atoms with van der Waals surface area (Å²) in [4.78, 5) is 16.1. The summed E-state index contributed by atoms with van der Waals surface area (Å²) in [6.07, 6.45) is 1.21. The fourth-order valence-corrected chi connectivity index (χ4v) is 2.10. The smallest absolute Gasteiger partial charge is 0.412 e. The quantitative estimate of drug-likeness (QED) is 0.849. The first-order valence-corrected chi connectivity index (χ1v) is 6.69. The molecule has 5 heteroatoms. The first-order valence-electron chi connectivity index (χ1n) is 5.90. The lowest BCUT2D eigenvalue weighted by Gasteiger charge is -2.20. The molecule has 0 fully saturated rings. The Morgan fingerprint density at radius 3 is 2.74 bits per heavy atom. The van der Waals surface area contributed by atoms with Crippen LogP contribution in [0.1, 0.15) is 20.8 Å². The van der Waals surface area contributed by atoms with Gasteiger partial charge in [-0.2, -0.15) is 0 Å². The first-order chi connectivity index (χ1) is 8.87. The third kappa shape index (κ3) is 3.44. The van der Waals surface area contributed by atoms with Gasteiger partial charge < -0.3 is 4.74 Å². The Morgan fingerprint density at radius 1 is 1.32 bits per heavy atom. The number of ether oxygens (including phenoxy) is 1. The molecule has 2 rings (SSSR count). The molecule has 1 aromatic carbocycles. The summed E-state index contributed by atoms with van der Waals surface area (Å²) in [6, 6.07) is 7.46. The van der Waals surface area contributed by atoms with Crippen LogP contribution >= 0.6 is 15.9 Å². The maximum Gasteiger partial charge on any atom is 0.412 e. The van der Waals surface area contributed by atoms with Crippen molar-refractivity contribution in [3.63, 3.8) is 0 Å². The second-order valence-corrected chi connectivity index (χ2v) is 5.98. The molecule has 1 heterocycles. The molecule has 100 valence electrons. The summed E-state index contributed by atoms with van der Waals surface area (Å²) in [7, 11) is 0.